The Hall–Kier alpha value is -1.87. The summed E-state index contributed by atoms with van der Waals surface area (Å²) in [4.78, 5) is 14.5. The third-order valence-corrected chi connectivity index (χ3v) is 7.44. The fourth-order valence-electron chi connectivity index (χ4n) is 3.91. The van der Waals surface area contributed by atoms with Gasteiger partial charge in [-0.1, -0.05) is 18.0 Å². The first kappa shape index (κ1) is 20.9. The highest BCUT2D eigenvalue weighted by atomic mass is 32.2. The van der Waals surface area contributed by atoms with E-state index in [2.05, 4.69) is 10.5 Å². The monoisotopic (exact) mass is 410 g/mol. The number of nitrogens with one attached hydrogen (secondary N) is 1. The van der Waals surface area contributed by atoms with E-state index in [4.69, 9.17) is 4.52 Å². The Kier molecular flexibility index (Phi) is 6.44. The van der Waals surface area contributed by atoms with Crippen LogP contribution in [0.1, 0.15) is 50.0 Å². The van der Waals surface area contributed by atoms with Crippen LogP contribution in [0.5, 0.6) is 0 Å². The number of carbonyl (C=O) groups is 1. The highest BCUT2D eigenvalue weighted by molar-refractivity contribution is 7.89. The van der Waals surface area contributed by atoms with Crippen molar-refractivity contribution in [1.82, 2.24) is 19.7 Å². The van der Waals surface area contributed by atoms with Crippen molar-refractivity contribution in [3.05, 3.63) is 17.7 Å². The smallest absolute Gasteiger partial charge is 0.248 e. The second-order valence-electron chi connectivity index (χ2n) is 7.93. The zero-order valence-corrected chi connectivity index (χ0v) is 17.7. The molecule has 1 saturated heterocycles. The molecule has 1 amide bonds. The van der Waals surface area contributed by atoms with Crippen molar-refractivity contribution in [1.29, 1.82) is 0 Å². The van der Waals surface area contributed by atoms with E-state index < -0.39 is 10.0 Å². The lowest BCUT2D eigenvalue weighted by atomic mass is 9.98. The second-order valence-corrected chi connectivity index (χ2v) is 9.81. The van der Waals surface area contributed by atoms with Crippen LogP contribution in [0.4, 0.5) is 0 Å². The van der Waals surface area contributed by atoms with Gasteiger partial charge in [0.1, 0.15) is 5.69 Å². The number of sulfonamides is 1. The first-order valence-electron chi connectivity index (χ1n) is 9.90. The van der Waals surface area contributed by atoms with Crippen molar-refractivity contribution < 1.29 is 17.7 Å². The van der Waals surface area contributed by atoms with Gasteiger partial charge in [0.25, 0.3) is 0 Å². The number of rotatable bonds is 6. The molecule has 28 heavy (non-hydrogen) atoms. The maximum Gasteiger partial charge on any atom is 0.248 e. The molecule has 8 nitrogen and oxygen atoms in total. The van der Waals surface area contributed by atoms with Crippen LogP contribution in [0.2, 0.25) is 0 Å². The topological polar surface area (TPSA) is 95.8 Å². The summed E-state index contributed by atoms with van der Waals surface area (Å²) in [5, 5.41) is 6.95. The maximum atomic E-state index is 13.3. The van der Waals surface area contributed by atoms with E-state index in [0.717, 1.165) is 25.7 Å². The minimum absolute atomic E-state index is 0.0263. The average Bonchev–Trinajstić information content (AvgIpc) is 3.29. The highest BCUT2D eigenvalue weighted by Crippen LogP contribution is 2.29. The van der Waals surface area contributed by atoms with Crippen LogP contribution in [0, 0.1) is 12.8 Å². The van der Waals surface area contributed by atoms with E-state index in [9.17, 15) is 13.2 Å². The molecule has 1 saturated carbocycles. The molecule has 0 spiro atoms. The molecule has 1 N–H and O–H groups in total. The number of hydrogen-bond donors (Lipinski definition) is 1. The van der Waals surface area contributed by atoms with Crippen molar-refractivity contribution in [2.24, 2.45) is 5.92 Å². The van der Waals surface area contributed by atoms with Crippen molar-refractivity contribution in [3.63, 3.8) is 0 Å². The van der Waals surface area contributed by atoms with E-state index >= 15 is 0 Å². The van der Waals surface area contributed by atoms with Gasteiger partial charge >= 0.3 is 0 Å². The molecule has 9 heteroatoms. The molecule has 1 aromatic heterocycles. The molecule has 0 aromatic carbocycles. The number of hydrogen-bond acceptors (Lipinski definition) is 6. The van der Waals surface area contributed by atoms with Gasteiger partial charge in [0.05, 0.1) is 5.92 Å². The number of aryl methyl sites for hydroxylation is 1. The average molecular weight is 411 g/mol. The Morgan fingerprint density at radius 2 is 1.96 bits per heavy atom. The summed E-state index contributed by atoms with van der Waals surface area (Å²) in [7, 11) is -0.116. The van der Waals surface area contributed by atoms with Crippen LogP contribution in [-0.2, 0) is 14.8 Å². The zero-order valence-electron chi connectivity index (χ0n) is 16.8. The Labute approximate surface area is 167 Å². The lowest BCUT2D eigenvalue weighted by Crippen LogP contribution is -2.47. The van der Waals surface area contributed by atoms with Crippen LogP contribution < -0.4 is 5.32 Å². The summed E-state index contributed by atoms with van der Waals surface area (Å²) in [6.07, 6.45) is 9.01. The van der Waals surface area contributed by atoms with Crippen molar-refractivity contribution in [3.8, 4) is 0 Å². The Morgan fingerprint density at radius 1 is 1.25 bits per heavy atom. The highest BCUT2D eigenvalue weighted by Gasteiger charge is 2.37. The lowest BCUT2D eigenvalue weighted by molar-refractivity contribution is -0.126. The predicted molar refractivity (Wildman–Crippen MR) is 106 cm³/mol. The van der Waals surface area contributed by atoms with E-state index in [1.807, 2.05) is 14.1 Å². The molecule has 2 heterocycles. The normalized spacial score (nSPS) is 22.0. The van der Waals surface area contributed by atoms with Crippen molar-refractivity contribution >= 4 is 22.0 Å². The summed E-state index contributed by atoms with van der Waals surface area (Å²) in [6.45, 7) is 2.22. The van der Waals surface area contributed by atoms with Gasteiger partial charge < -0.3 is 14.7 Å². The van der Waals surface area contributed by atoms with Crippen LogP contribution in [0.3, 0.4) is 0 Å². The van der Waals surface area contributed by atoms with Gasteiger partial charge in [0.15, 0.2) is 10.7 Å². The van der Waals surface area contributed by atoms with Crippen molar-refractivity contribution in [2.75, 3.05) is 27.2 Å². The molecular weight excluding hydrogens is 380 g/mol. The van der Waals surface area contributed by atoms with Gasteiger partial charge in [0, 0.05) is 45.5 Å². The molecule has 0 bridgehead atoms. The minimum atomic E-state index is -3.79. The van der Waals surface area contributed by atoms with E-state index in [0.29, 0.717) is 25.1 Å². The molecule has 3 rings (SSSR count). The predicted octanol–water partition coefficient (Wildman–Crippen LogP) is 1.97. The molecular formula is C19H30N4O4S. The van der Waals surface area contributed by atoms with Gasteiger partial charge in [-0.2, -0.15) is 4.31 Å². The molecule has 1 atom stereocenters. The Morgan fingerprint density at radius 3 is 2.64 bits per heavy atom. The molecule has 2 aliphatic rings. The first-order chi connectivity index (χ1) is 13.3. The summed E-state index contributed by atoms with van der Waals surface area (Å²) in [6, 6.07) is 0.238. The summed E-state index contributed by atoms with van der Waals surface area (Å²) in [5.41, 5.74) is 0.330. The quantitative estimate of drug-likeness (QED) is 0.770. The number of carbonyl (C=O) groups excluding carboxylic acids is 1. The summed E-state index contributed by atoms with van der Waals surface area (Å²) in [5.74, 6) is -0.129. The second kappa shape index (κ2) is 8.65. The standard InChI is InChI=1S/C19H30N4O4S/c1-14-18(17(27-21-14)10-12-22(2)3)28(25,26)23-11-6-7-15(13-23)19(24)20-16-8-4-5-9-16/h10,12,15-16H,4-9,11,13H2,1-3H3,(H,20,24)/b12-10+/t15-/m0/s1. The van der Waals surface area contributed by atoms with Crippen LogP contribution in [-0.4, -0.2) is 61.9 Å². The largest absolute Gasteiger partial charge is 0.383 e. The van der Waals surface area contributed by atoms with Gasteiger partial charge in [-0.05, 0) is 32.6 Å². The van der Waals surface area contributed by atoms with Crippen LogP contribution in [0.15, 0.2) is 15.6 Å². The molecule has 2 fully saturated rings. The SMILES string of the molecule is Cc1noc(/C=C/N(C)C)c1S(=O)(=O)N1CCC[C@H](C(=O)NC2CCCC2)C1. The van der Waals surface area contributed by atoms with Crippen LogP contribution in [0.25, 0.3) is 6.08 Å². The first-order valence-corrected chi connectivity index (χ1v) is 11.3. The third-order valence-electron chi connectivity index (χ3n) is 5.41. The number of nitrogens with zero attached hydrogens (tertiary/aromatic N) is 3. The number of piperidine rings is 1. The van der Waals surface area contributed by atoms with E-state index in [1.165, 1.54) is 4.31 Å². The van der Waals surface area contributed by atoms with E-state index in [-0.39, 0.29) is 35.1 Å². The van der Waals surface area contributed by atoms with Gasteiger partial charge in [0.2, 0.25) is 15.9 Å². The minimum Gasteiger partial charge on any atom is -0.383 e. The molecule has 0 radical (unpaired) electrons. The van der Waals surface area contributed by atoms with Gasteiger partial charge in [-0.3, -0.25) is 4.79 Å². The number of aromatic nitrogens is 1. The van der Waals surface area contributed by atoms with Crippen LogP contribution >= 0.6 is 0 Å². The Bertz CT molecular complexity index is 825. The number of amides is 1. The zero-order chi connectivity index (χ0) is 20.3. The van der Waals surface area contributed by atoms with Gasteiger partial charge in [-0.15, -0.1) is 0 Å². The fourth-order valence-corrected chi connectivity index (χ4v) is 5.68. The maximum absolute atomic E-state index is 13.3. The molecule has 1 aliphatic heterocycles. The Balaban J connectivity index is 1.76. The fraction of sp³-hybridized carbons (Fsp3) is 0.684. The molecule has 156 valence electrons. The summed E-state index contributed by atoms with van der Waals surface area (Å²) >= 11 is 0. The summed E-state index contributed by atoms with van der Waals surface area (Å²) < 4.78 is 33.2. The third kappa shape index (κ3) is 4.57. The van der Waals surface area contributed by atoms with Crippen molar-refractivity contribution in [2.45, 2.75) is 56.4 Å². The lowest BCUT2D eigenvalue weighted by Gasteiger charge is -2.31. The molecule has 1 aliphatic carbocycles. The molecule has 0 unspecified atom stereocenters. The molecule has 1 aromatic rings. The van der Waals surface area contributed by atoms with Gasteiger partial charge in [-0.25, -0.2) is 8.42 Å². The van der Waals surface area contributed by atoms with E-state index in [1.54, 1.807) is 24.1 Å².